The van der Waals surface area contributed by atoms with E-state index in [1.54, 1.807) is 7.11 Å². The maximum Gasteiger partial charge on any atom is 0.303 e. The predicted octanol–water partition coefficient (Wildman–Crippen LogP) is 2.86. The Bertz CT molecular complexity index is 701. The summed E-state index contributed by atoms with van der Waals surface area (Å²) in [5.41, 5.74) is 1.08. The summed E-state index contributed by atoms with van der Waals surface area (Å²) in [6.07, 6.45) is 6.65. The zero-order valence-electron chi connectivity index (χ0n) is 18.3. The summed E-state index contributed by atoms with van der Waals surface area (Å²) in [5.74, 6) is 0.262. The fourth-order valence-corrected chi connectivity index (χ4v) is 4.65. The van der Waals surface area contributed by atoms with E-state index in [0.717, 1.165) is 37.2 Å². The van der Waals surface area contributed by atoms with Crippen LogP contribution < -0.4 is 4.74 Å². The summed E-state index contributed by atoms with van der Waals surface area (Å²) in [7, 11) is 1.65. The van der Waals surface area contributed by atoms with E-state index in [1.807, 2.05) is 30.3 Å². The maximum absolute atomic E-state index is 10.9. The number of rotatable bonds is 11. The third-order valence-electron chi connectivity index (χ3n) is 6.23. The predicted molar refractivity (Wildman–Crippen MR) is 117 cm³/mol. The molecule has 3 rings (SSSR count). The van der Waals surface area contributed by atoms with Gasteiger partial charge in [0.25, 0.3) is 0 Å². The average Bonchev–Trinajstić information content (AvgIpc) is 3.10. The van der Waals surface area contributed by atoms with Crippen molar-refractivity contribution in [3.05, 3.63) is 42.0 Å². The zero-order chi connectivity index (χ0) is 22.1. The SMILES string of the molecule is COc1ccc(CO[C@H]2C[C@@H](O)[C@H](N3CCOCC3)[C@H]2CCC=CCCC(=O)O)cc1. The summed E-state index contributed by atoms with van der Waals surface area (Å²) < 4.78 is 17.0. The summed E-state index contributed by atoms with van der Waals surface area (Å²) in [5, 5.41) is 19.7. The second kappa shape index (κ2) is 12.2. The highest BCUT2D eigenvalue weighted by molar-refractivity contribution is 5.66. The molecule has 1 saturated carbocycles. The summed E-state index contributed by atoms with van der Waals surface area (Å²) in [6, 6.07) is 7.93. The fraction of sp³-hybridized carbons (Fsp3) is 0.625. The molecule has 4 atom stereocenters. The minimum atomic E-state index is -0.775. The number of aliphatic hydroxyl groups excluding tert-OH is 1. The number of carboxylic acid groups (broad SMARTS) is 1. The van der Waals surface area contributed by atoms with E-state index >= 15 is 0 Å². The number of aliphatic carboxylic acids is 1. The van der Waals surface area contributed by atoms with Crippen LogP contribution >= 0.6 is 0 Å². The fourth-order valence-electron chi connectivity index (χ4n) is 4.65. The van der Waals surface area contributed by atoms with E-state index in [9.17, 15) is 9.90 Å². The van der Waals surface area contributed by atoms with Crippen molar-refractivity contribution in [2.75, 3.05) is 33.4 Å². The highest BCUT2D eigenvalue weighted by atomic mass is 16.5. The minimum Gasteiger partial charge on any atom is -0.497 e. The van der Waals surface area contributed by atoms with Crippen molar-refractivity contribution in [3.63, 3.8) is 0 Å². The molecule has 0 radical (unpaired) electrons. The van der Waals surface area contributed by atoms with Gasteiger partial charge in [-0.3, -0.25) is 9.69 Å². The van der Waals surface area contributed by atoms with Gasteiger partial charge < -0.3 is 24.4 Å². The summed E-state index contributed by atoms with van der Waals surface area (Å²) in [6.45, 7) is 3.56. The topological polar surface area (TPSA) is 88.5 Å². The molecule has 2 N–H and O–H groups in total. The molecule has 2 fully saturated rings. The number of methoxy groups -OCH3 is 1. The molecule has 0 unspecified atom stereocenters. The Morgan fingerprint density at radius 1 is 1.19 bits per heavy atom. The van der Waals surface area contributed by atoms with Crippen molar-refractivity contribution in [2.45, 2.75) is 57.0 Å². The first-order valence-electron chi connectivity index (χ1n) is 11.2. The second-order valence-electron chi connectivity index (χ2n) is 8.28. The molecule has 31 heavy (non-hydrogen) atoms. The molecule has 1 heterocycles. The number of benzene rings is 1. The van der Waals surface area contributed by atoms with E-state index in [1.165, 1.54) is 0 Å². The molecule has 7 nitrogen and oxygen atoms in total. The van der Waals surface area contributed by atoms with Gasteiger partial charge in [-0.2, -0.15) is 0 Å². The molecule has 1 saturated heterocycles. The lowest BCUT2D eigenvalue weighted by Gasteiger charge is -2.38. The number of carbonyl (C=O) groups is 1. The standard InChI is InChI=1S/C24H35NO6/c1-29-19-10-8-18(9-11-19)17-31-22-16-21(26)24(25-12-14-30-15-13-25)20(22)6-4-2-3-5-7-23(27)28/h2-3,8-11,20-22,24,26H,4-7,12-17H2,1H3,(H,27,28)/t20-,21+,22-,24+/m0/s1. The van der Waals surface area contributed by atoms with E-state index in [-0.39, 0.29) is 24.5 Å². The lowest BCUT2D eigenvalue weighted by atomic mass is 9.93. The van der Waals surface area contributed by atoms with Gasteiger partial charge in [-0.1, -0.05) is 24.3 Å². The molecule has 1 aromatic rings. The molecule has 0 bridgehead atoms. The Labute approximate surface area is 184 Å². The van der Waals surface area contributed by atoms with Crippen molar-refractivity contribution in [2.24, 2.45) is 5.92 Å². The number of hydrogen-bond donors (Lipinski definition) is 2. The van der Waals surface area contributed by atoms with Gasteiger partial charge in [-0.05, 0) is 37.0 Å². The molecule has 1 aliphatic heterocycles. The third kappa shape index (κ3) is 7.04. The smallest absolute Gasteiger partial charge is 0.303 e. The van der Waals surface area contributed by atoms with Crippen LogP contribution in [0.25, 0.3) is 0 Å². The van der Waals surface area contributed by atoms with Crippen molar-refractivity contribution in [1.29, 1.82) is 0 Å². The first kappa shape index (κ1) is 23.7. The first-order chi connectivity index (χ1) is 15.1. The number of carboxylic acids is 1. The van der Waals surface area contributed by atoms with Gasteiger partial charge in [0.2, 0.25) is 0 Å². The molecule has 0 amide bonds. The van der Waals surface area contributed by atoms with Crippen LogP contribution in [-0.2, 0) is 20.9 Å². The van der Waals surface area contributed by atoms with Crippen molar-refractivity contribution in [3.8, 4) is 5.75 Å². The normalized spacial score (nSPS) is 27.0. The van der Waals surface area contributed by atoms with Crippen LogP contribution in [0.1, 0.15) is 37.7 Å². The number of morpholine rings is 1. The van der Waals surface area contributed by atoms with Gasteiger partial charge >= 0.3 is 5.97 Å². The summed E-state index contributed by atoms with van der Waals surface area (Å²) in [4.78, 5) is 13.0. The van der Waals surface area contributed by atoms with Crippen LogP contribution in [0.3, 0.4) is 0 Å². The van der Waals surface area contributed by atoms with E-state index in [2.05, 4.69) is 11.0 Å². The van der Waals surface area contributed by atoms with Crippen LogP contribution in [0.5, 0.6) is 5.75 Å². The Morgan fingerprint density at radius 2 is 1.90 bits per heavy atom. The number of allylic oxidation sites excluding steroid dienone is 2. The Kier molecular flexibility index (Phi) is 9.33. The quantitative estimate of drug-likeness (QED) is 0.519. The largest absolute Gasteiger partial charge is 0.497 e. The molecule has 0 aromatic heterocycles. The number of ether oxygens (including phenoxy) is 3. The highest BCUT2D eigenvalue weighted by Gasteiger charge is 2.45. The molecule has 172 valence electrons. The zero-order valence-corrected chi connectivity index (χ0v) is 18.3. The molecule has 1 aromatic carbocycles. The van der Waals surface area contributed by atoms with Crippen LogP contribution in [0.15, 0.2) is 36.4 Å². The van der Waals surface area contributed by atoms with Gasteiger partial charge in [0.05, 0.1) is 39.1 Å². The van der Waals surface area contributed by atoms with Gasteiger partial charge in [0.1, 0.15) is 5.75 Å². The Balaban J connectivity index is 1.61. The lowest BCUT2D eigenvalue weighted by Crippen LogP contribution is -2.50. The van der Waals surface area contributed by atoms with Gasteiger partial charge in [0.15, 0.2) is 0 Å². The van der Waals surface area contributed by atoms with Crippen molar-refractivity contribution >= 4 is 5.97 Å². The average molecular weight is 434 g/mol. The monoisotopic (exact) mass is 433 g/mol. The van der Waals surface area contributed by atoms with Crippen LogP contribution in [0.4, 0.5) is 0 Å². The van der Waals surface area contributed by atoms with Crippen LogP contribution in [-0.4, -0.2) is 72.7 Å². The molecule has 2 aliphatic rings. The molecule has 0 spiro atoms. The van der Waals surface area contributed by atoms with Crippen molar-refractivity contribution < 1.29 is 29.2 Å². The molecular formula is C24H35NO6. The minimum absolute atomic E-state index is 0.0163. The van der Waals surface area contributed by atoms with E-state index < -0.39 is 12.1 Å². The van der Waals surface area contributed by atoms with Crippen LogP contribution in [0.2, 0.25) is 0 Å². The Morgan fingerprint density at radius 3 is 2.58 bits per heavy atom. The first-order valence-corrected chi connectivity index (χ1v) is 11.2. The number of aliphatic hydroxyl groups is 1. The maximum atomic E-state index is 10.9. The van der Waals surface area contributed by atoms with Gasteiger partial charge in [-0.15, -0.1) is 0 Å². The van der Waals surface area contributed by atoms with E-state index in [0.29, 0.717) is 32.7 Å². The highest BCUT2D eigenvalue weighted by Crippen LogP contribution is 2.37. The molecular weight excluding hydrogens is 398 g/mol. The third-order valence-corrected chi connectivity index (χ3v) is 6.23. The molecule has 7 heteroatoms. The number of hydrogen-bond acceptors (Lipinski definition) is 6. The second-order valence-corrected chi connectivity index (χ2v) is 8.28. The van der Waals surface area contributed by atoms with Crippen molar-refractivity contribution in [1.82, 2.24) is 4.90 Å². The van der Waals surface area contributed by atoms with Gasteiger partial charge in [-0.25, -0.2) is 0 Å². The lowest BCUT2D eigenvalue weighted by molar-refractivity contribution is -0.136. The summed E-state index contributed by atoms with van der Waals surface area (Å²) >= 11 is 0. The molecule has 1 aliphatic carbocycles. The van der Waals surface area contributed by atoms with Gasteiger partial charge in [0, 0.05) is 37.9 Å². The Hall–Kier alpha value is -1.93. The van der Waals surface area contributed by atoms with E-state index in [4.69, 9.17) is 19.3 Å². The number of nitrogens with zero attached hydrogens (tertiary/aromatic N) is 1. The van der Waals surface area contributed by atoms with Crippen LogP contribution in [0, 0.1) is 5.92 Å².